The highest BCUT2D eigenvalue weighted by Gasteiger charge is 2.19. The van der Waals surface area contributed by atoms with Crippen molar-refractivity contribution in [3.63, 3.8) is 0 Å². The number of aryl methyl sites for hydroxylation is 1. The summed E-state index contributed by atoms with van der Waals surface area (Å²) in [5, 5.41) is 10.6. The van der Waals surface area contributed by atoms with E-state index in [2.05, 4.69) is 4.98 Å². The van der Waals surface area contributed by atoms with Crippen molar-refractivity contribution in [1.82, 2.24) is 4.98 Å². The van der Waals surface area contributed by atoms with Gasteiger partial charge in [-0.25, -0.2) is 0 Å². The minimum Gasteiger partial charge on any atom is -0.365 e. The van der Waals surface area contributed by atoms with Gasteiger partial charge in [-0.3, -0.25) is 24.5 Å². The number of non-ortho nitro benzene ring substituents is 1. The lowest BCUT2D eigenvalue weighted by Gasteiger charge is -2.08. The highest BCUT2D eigenvalue weighted by molar-refractivity contribution is 6.10. The molecule has 23 heavy (non-hydrogen) atoms. The van der Waals surface area contributed by atoms with Gasteiger partial charge in [0.2, 0.25) is 0 Å². The van der Waals surface area contributed by atoms with Crippen LogP contribution in [0.15, 0.2) is 35.1 Å². The maximum absolute atomic E-state index is 12.5. The molecule has 0 spiro atoms. The highest BCUT2D eigenvalue weighted by Crippen LogP contribution is 2.17. The number of carbonyl (C=O) groups is 2. The Morgan fingerprint density at radius 1 is 1.22 bits per heavy atom. The molecular formula is C15H13N3O5. The zero-order chi connectivity index (χ0) is 17.1. The molecule has 0 saturated heterocycles. The van der Waals surface area contributed by atoms with Crippen molar-refractivity contribution in [2.75, 3.05) is 0 Å². The summed E-state index contributed by atoms with van der Waals surface area (Å²) in [7, 11) is 0. The Balaban J connectivity index is 2.53. The van der Waals surface area contributed by atoms with Crippen molar-refractivity contribution in [3.05, 3.63) is 73.2 Å². The van der Waals surface area contributed by atoms with E-state index in [9.17, 15) is 24.5 Å². The first-order valence-corrected chi connectivity index (χ1v) is 6.70. The number of primary amides is 1. The number of benzene rings is 1. The van der Waals surface area contributed by atoms with E-state index in [0.717, 1.165) is 6.07 Å². The first kappa shape index (κ1) is 16.1. The summed E-state index contributed by atoms with van der Waals surface area (Å²) < 4.78 is 0. The summed E-state index contributed by atoms with van der Waals surface area (Å²) in [5.41, 5.74) is 4.71. The number of carbonyl (C=O) groups excluding carboxylic acids is 2. The maximum atomic E-state index is 12.5. The van der Waals surface area contributed by atoms with Crippen molar-refractivity contribution in [2.24, 2.45) is 5.73 Å². The zero-order valence-corrected chi connectivity index (χ0v) is 12.2. The number of nitrogens with zero attached hydrogens (tertiary/aromatic N) is 1. The molecule has 0 radical (unpaired) electrons. The number of pyridine rings is 1. The van der Waals surface area contributed by atoms with E-state index in [1.807, 2.05) is 0 Å². The van der Waals surface area contributed by atoms with Crippen molar-refractivity contribution < 1.29 is 14.5 Å². The molecule has 3 N–H and O–H groups in total. The Bertz CT molecular complexity index is 852. The van der Waals surface area contributed by atoms with Crippen LogP contribution in [0.5, 0.6) is 0 Å². The number of nitrogens with one attached hydrogen (secondary N) is 1. The Hall–Kier alpha value is -3.29. The minimum atomic E-state index is -0.938. The lowest BCUT2D eigenvalue weighted by atomic mass is 9.99. The molecule has 1 heterocycles. The van der Waals surface area contributed by atoms with Crippen LogP contribution in [0.4, 0.5) is 5.69 Å². The number of ketones is 1. The van der Waals surface area contributed by atoms with Crippen LogP contribution >= 0.6 is 0 Å². The summed E-state index contributed by atoms with van der Waals surface area (Å²) in [6.45, 7) is 1.74. The van der Waals surface area contributed by atoms with Gasteiger partial charge in [0.1, 0.15) is 5.56 Å². The fraction of sp³-hybridized carbons (Fsp3) is 0.133. The molecule has 0 unspecified atom stereocenters. The van der Waals surface area contributed by atoms with Gasteiger partial charge in [0.05, 0.1) is 4.92 Å². The highest BCUT2D eigenvalue weighted by atomic mass is 16.6. The second kappa shape index (κ2) is 6.22. The van der Waals surface area contributed by atoms with Crippen LogP contribution in [0.3, 0.4) is 0 Å². The second-order valence-electron chi connectivity index (χ2n) is 4.76. The maximum Gasteiger partial charge on any atom is 0.269 e. The van der Waals surface area contributed by atoms with Crippen molar-refractivity contribution in [1.29, 1.82) is 0 Å². The predicted octanol–water partition coefficient (Wildman–Crippen LogP) is 1.18. The molecule has 0 aliphatic heterocycles. The van der Waals surface area contributed by atoms with Crippen LogP contribution in [-0.2, 0) is 6.42 Å². The number of hydrogen-bond donors (Lipinski definition) is 2. The van der Waals surface area contributed by atoms with Gasteiger partial charge in [-0.2, -0.15) is 0 Å². The molecule has 0 atom stereocenters. The molecule has 118 valence electrons. The molecule has 0 aliphatic carbocycles. The third-order valence-corrected chi connectivity index (χ3v) is 3.33. The van der Waals surface area contributed by atoms with Gasteiger partial charge in [0.25, 0.3) is 17.2 Å². The number of rotatable bonds is 5. The van der Waals surface area contributed by atoms with Crippen LogP contribution < -0.4 is 11.3 Å². The third-order valence-electron chi connectivity index (χ3n) is 3.33. The number of aromatic nitrogens is 1. The van der Waals surface area contributed by atoms with E-state index < -0.39 is 22.2 Å². The summed E-state index contributed by atoms with van der Waals surface area (Å²) in [5.74, 6) is -1.40. The van der Waals surface area contributed by atoms with Crippen LogP contribution in [0.25, 0.3) is 0 Å². The second-order valence-corrected chi connectivity index (χ2v) is 4.76. The van der Waals surface area contributed by atoms with E-state index in [1.165, 1.54) is 24.3 Å². The van der Waals surface area contributed by atoms with E-state index in [1.54, 1.807) is 6.92 Å². The lowest BCUT2D eigenvalue weighted by molar-refractivity contribution is -0.384. The van der Waals surface area contributed by atoms with Gasteiger partial charge in [0.15, 0.2) is 5.78 Å². The first-order valence-electron chi connectivity index (χ1n) is 6.70. The SMILES string of the molecule is CCc1[nH]c(=O)c(C(N)=O)cc1C(=O)c1ccc([N+](=O)[O-])cc1. The number of nitro benzene ring substituents is 1. The molecule has 1 aromatic heterocycles. The van der Waals surface area contributed by atoms with Crippen LogP contribution in [0.2, 0.25) is 0 Å². The van der Waals surface area contributed by atoms with Gasteiger partial charge in [-0.05, 0) is 24.6 Å². The fourth-order valence-corrected chi connectivity index (χ4v) is 2.12. The van der Waals surface area contributed by atoms with E-state index in [-0.39, 0.29) is 22.4 Å². The Kier molecular flexibility index (Phi) is 4.35. The third kappa shape index (κ3) is 3.15. The molecule has 0 aliphatic rings. The first-order chi connectivity index (χ1) is 10.8. The molecule has 1 amide bonds. The lowest BCUT2D eigenvalue weighted by Crippen LogP contribution is -2.26. The number of aromatic amines is 1. The van der Waals surface area contributed by atoms with Crippen LogP contribution in [0.1, 0.15) is 38.9 Å². The number of hydrogen-bond acceptors (Lipinski definition) is 5. The standard InChI is InChI=1S/C15H13N3O5/c1-2-12-10(7-11(14(16)20)15(21)17-12)13(19)8-3-5-9(6-4-8)18(22)23/h3-7H,2H2,1H3,(H2,16,20)(H,17,21). The molecule has 2 aromatic rings. The van der Waals surface area contributed by atoms with Gasteiger partial charge < -0.3 is 10.7 Å². The fourth-order valence-electron chi connectivity index (χ4n) is 2.12. The minimum absolute atomic E-state index is 0.134. The quantitative estimate of drug-likeness (QED) is 0.485. The largest absolute Gasteiger partial charge is 0.365 e. The van der Waals surface area contributed by atoms with E-state index >= 15 is 0 Å². The normalized spacial score (nSPS) is 10.3. The molecule has 8 nitrogen and oxygen atoms in total. The molecule has 2 rings (SSSR count). The van der Waals surface area contributed by atoms with Crippen molar-refractivity contribution in [3.8, 4) is 0 Å². The number of nitrogens with two attached hydrogens (primary N) is 1. The van der Waals surface area contributed by atoms with Gasteiger partial charge >= 0.3 is 0 Å². The monoisotopic (exact) mass is 315 g/mol. The molecular weight excluding hydrogens is 302 g/mol. The van der Waals surface area contributed by atoms with Crippen molar-refractivity contribution in [2.45, 2.75) is 13.3 Å². The summed E-state index contributed by atoms with van der Waals surface area (Å²) in [4.78, 5) is 48.1. The van der Waals surface area contributed by atoms with Gasteiger partial charge in [-0.15, -0.1) is 0 Å². The van der Waals surface area contributed by atoms with Crippen LogP contribution in [0, 0.1) is 10.1 Å². The molecule has 8 heteroatoms. The molecule has 0 fully saturated rings. The summed E-state index contributed by atoms with van der Waals surface area (Å²) >= 11 is 0. The zero-order valence-electron chi connectivity index (χ0n) is 12.2. The molecule has 0 saturated carbocycles. The van der Waals surface area contributed by atoms with E-state index in [0.29, 0.717) is 12.1 Å². The Morgan fingerprint density at radius 2 is 1.83 bits per heavy atom. The smallest absolute Gasteiger partial charge is 0.269 e. The summed E-state index contributed by atoms with van der Waals surface area (Å²) in [6.07, 6.45) is 0.363. The molecule has 1 aromatic carbocycles. The average Bonchev–Trinajstić information content (AvgIpc) is 2.53. The van der Waals surface area contributed by atoms with E-state index in [4.69, 9.17) is 5.73 Å². The summed E-state index contributed by atoms with van der Waals surface area (Å²) in [6, 6.07) is 6.20. The van der Waals surface area contributed by atoms with Crippen LogP contribution in [-0.4, -0.2) is 21.6 Å². The van der Waals surface area contributed by atoms with Crippen molar-refractivity contribution >= 4 is 17.4 Å². The topological polar surface area (TPSA) is 136 Å². The predicted molar refractivity (Wildman–Crippen MR) is 81.5 cm³/mol. The van der Waals surface area contributed by atoms with Gasteiger partial charge in [-0.1, -0.05) is 6.92 Å². The van der Waals surface area contributed by atoms with Gasteiger partial charge in [0, 0.05) is 29.0 Å². The Morgan fingerprint density at radius 3 is 2.30 bits per heavy atom. The number of nitro groups is 1. The molecule has 0 bridgehead atoms. The average molecular weight is 315 g/mol. The Labute approximate surface area is 130 Å². The number of amides is 1. The number of H-pyrrole nitrogens is 1.